The molecular weight excluding hydrogens is 544 g/mol. The summed E-state index contributed by atoms with van der Waals surface area (Å²) in [5.74, 6) is 0.252. The minimum Gasteiger partial charge on any atom is -0.508 e. The molecule has 2 saturated heterocycles. The van der Waals surface area contributed by atoms with Crippen LogP contribution in [-0.2, 0) is 17.6 Å². The van der Waals surface area contributed by atoms with Crippen LogP contribution < -0.4 is 9.64 Å². The Hall–Kier alpha value is -3.97. The number of benzene rings is 1. The van der Waals surface area contributed by atoms with Crippen LogP contribution >= 0.6 is 0 Å². The lowest BCUT2D eigenvalue weighted by Crippen LogP contribution is -2.55. The van der Waals surface area contributed by atoms with E-state index in [0.717, 1.165) is 36.1 Å². The molecule has 1 aromatic heterocycles. The number of carbonyl (C=O) groups is 2. The van der Waals surface area contributed by atoms with Crippen LogP contribution in [0, 0.1) is 24.2 Å². The third-order valence-electron chi connectivity index (χ3n) is 8.79. The maximum Gasteiger partial charge on any atom is 0.319 e. The summed E-state index contributed by atoms with van der Waals surface area (Å²) in [6.45, 7) is 12.3. The highest BCUT2D eigenvalue weighted by molar-refractivity contribution is 6.00. The average molecular weight is 589 g/mol. The molecule has 0 bridgehead atoms. The highest BCUT2D eigenvalue weighted by Crippen LogP contribution is 2.36. The van der Waals surface area contributed by atoms with Crippen molar-refractivity contribution in [1.29, 1.82) is 5.26 Å². The summed E-state index contributed by atoms with van der Waals surface area (Å²) in [5, 5.41) is 19.9. The number of aryl methyl sites for hydroxylation is 1. The number of amides is 1. The summed E-state index contributed by atoms with van der Waals surface area (Å²) in [6.07, 6.45) is 5.26. The molecule has 1 aromatic carbocycles. The number of ether oxygens (including phenoxy) is 1. The van der Waals surface area contributed by atoms with Crippen LogP contribution in [0.4, 0.5) is 5.82 Å². The monoisotopic (exact) mass is 588 g/mol. The van der Waals surface area contributed by atoms with Gasteiger partial charge in [0.15, 0.2) is 5.78 Å². The lowest BCUT2D eigenvalue weighted by atomic mass is 9.81. The molecule has 0 saturated carbocycles. The minimum atomic E-state index is -0.322. The number of phenolic OH excluding ortho intramolecular Hbond substituents is 1. The fourth-order valence-electron chi connectivity index (χ4n) is 6.34. The van der Waals surface area contributed by atoms with Gasteiger partial charge in [0.2, 0.25) is 5.91 Å². The Labute approximate surface area is 255 Å². The van der Waals surface area contributed by atoms with Gasteiger partial charge in [0.25, 0.3) is 0 Å². The third-order valence-corrected chi connectivity index (χ3v) is 8.79. The van der Waals surface area contributed by atoms with Crippen molar-refractivity contribution in [3.05, 3.63) is 53.2 Å². The Balaban J connectivity index is 0.00000207. The smallest absolute Gasteiger partial charge is 0.319 e. The van der Waals surface area contributed by atoms with E-state index in [9.17, 15) is 20.0 Å². The molecule has 1 N–H and O–H groups in total. The molecule has 2 fully saturated rings. The quantitative estimate of drug-likeness (QED) is 0.454. The lowest BCUT2D eigenvalue weighted by Gasteiger charge is -2.41. The van der Waals surface area contributed by atoms with Crippen molar-refractivity contribution in [2.24, 2.45) is 5.92 Å². The number of aromatic hydroxyl groups is 1. The van der Waals surface area contributed by atoms with Gasteiger partial charge in [0.05, 0.1) is 18.5 Å². The van der Waals surface area contributed by atoms with Crippen LogP contribution in [0.1, 0.15) is 66.7 Å². The molecule has 3 heterocycles. The van der Waals surface area contributed by atoms with Crippen LogP contribution in [0.2, 0.25) is 0 Å². The first-order chi connectivity index (χ1) is 20.8. The second kappa shape index (κ2) is 14.5. The fraction of sp³-hybridized carbons (Fsp3) is 0.545. The van der Waals surface area contributed by atoms with E-state index in [1.165, 1.54) is 6.08 Å². The van der Waals surface area contributed by atoms with Gasteiger partial charge in [-0.05, 0) is 75.9 Å². The molecule has 3 atom stereocenters. The standard InChI is InChI=1S/C31H38N6O4.C2H6/c1-4-27(39)37-16-15-36(18-22(37)12-13-32)30-24-11-10-21(17-25-20(2)7-5-9-26(25)38)29(40)28(24)33-31(34-30)41-19-23-8-6-14-35(23)3;1-2/h4-5,7,9,21-23,38H,1,6,8,10-12,14-19H2,2-3H3;1-2H3/t21-,22?,23?;/m0./s1. The molecule has 43 heavy (non-hydrogen) atoms. The summed E-state index contributed by atoms with van der Waals surface area (Å²) in [4.78, 5) is 41.9. The van der Waals surface area contributed by atoms with E-state index in [2.05, 4.69) is 34.5 Å². The molecule has 0 radical (unpaired) electrons. The van der Waals surface area contributed by atoms with Gasteiger partial charge in [-0.2, -0.15) is 15.2 Å². The zero-order valence-electron chi connectivity index (χ0n) is 25.9. The summed E-state index contributed by atoms with van der Waals surface area (Å²) in [5.41, 5.74) is 2.89. The molecule has 5 rings (SSSR count). The van der Waals surface area contributed by atoms with Gasteiger partial charge >= 0.3 is 6.01 Å². The molecule has 1 amide bonds. The Bertz CT molecular complexity index is 1350. The largest absolute Gasteiger partial charge is 0.508 e. The van der Waals surface area contributed by atoms with Crippen molar-refractivity contribution in [3.63, 3.8) is 0 Å². The van der Waals surface area contributed by atoms with Crippen molar-refractivity contribution >= 4 is 17.5 Å². The zero-order valence-corrected chi connectivity index (χ0v) is 25.9. The van der Waals surface area contributed by atoms with Crippen molar-refractivity contribution in [2.45, 2.75) is 71.4 Å². The number of rotatable bonds is 8. The number of aromatic nitrogens is 2. The van der Waals surface area contributed by atoms with E-state index in [-0.39, 0.29) is 47.9 Å². The summed E-state index contributed by atoms with van der Waals surface area (Å²) < 4.78 is 6.14. The highest BCUT2D eigenvalue weighted by Gasteiger charge is 2.37. The van der Waals surface area contributed by atoms with Crippen LogP contribution in [0.15, 0.2) is 30.9 Å². The maximum atomic E-state index is 13.9. The first kappa shape index (κ1) is 32.0. The zero-order chi connectivity index (χ0) is 31.1. The number of fused-ring (bicyclic) bond motifs is 1. The van der Waals surface area contributed by atoms with Gasteiger partial charge in [-0.3, -0.25) is 9.59 Å². The molecular formula is C33H44N6O4. The summed E-state index contributed by atoms with van der Waals surface area (Å²) in [7, 11) is 2.08. The van der Waals surface area contributed by atoms with Crippen LogP contribution in [0.3, 0.4) is 0 Å². The normalized spacial score (nSPS) is 21.8. The molecule has 2 aliphatic heterocycles. The predicted octanol–water partition coefficient (Wildman–Crippen LogP) is 4.09. The van der Waals surface area contributed by atoms with Crippen LogP contribution in [-0.4, -0.2) is 88.5 Å². The minimum absolute atomic E-state index is 0.0746. The number of hydrogen-bond donors (Lipinski definition) is 1. The molecule has 0 spiro atoms. The number of nitriles is 1. The average Bonchev–Trinajstić information content (AvgIpc) is 3.44. The Morgan fingerprint density at radius 3 is 2.67 bits per heavy atom. The second-order valence-corrected chi connectivity index (χ2v) is 11.3. The summed E-state index contributed by atoms with van der Waals surface area (Å²) in [6, 6.07) is 7.72. The van der Waals surface area contributed by atoms with Gasteiger partial charge in [-0.1, -0.05) is 32.6 Å². The van der Waals surface area contributed by atoms with Crippen molar-refractivity contribution in [2.75, 3.05) is 44.7 Å². The van der Waals surface area contributed by atoms with Crippen molar-refractivity contribution < 1.29 is 19.4 Å². The molecule has 2 unspecified atom stereocenters. The molecule has 1 aliphatic carbocycles. The van der Waals surface area contributed by atoms with Gasteiger partial charge < -0.3 is 24.5 Å². The van der Waals surface area contributed by atoms with Gasteiger partial charge in [0, 0.05) is 37.2 Å². The van der Waals surface area contributed by atoms with E-state index in [0.29, 0.717) is 57.0 Å². The Morgan fingerprint density at radius 1 is 1.21 bits per heavy atom. The van der Waals surface area contributed by atoms with Gasteiger partial charge in [0.1, 0.15) is 23.9 Å². The number of likely N-dealkylation sites (tertiary alicyclic amines) is 1. The number of likely N-dealkylation sites (N-methyl/N-ethyl adjacent to an activating group) is 1. The van der Waals surface area contributed by atoms with Crippen LogP contribution in [0.25, 0.3) is 0 Å². The number of anilines is 1. The first-order valence-corrected chi connectivity index (χ1v) is 15.4. The summed E-state index contributed by atoms with van der Waals surface area (Å²) >= 11 is 0. The maximum absolute atomic E-state index is 13.9. The number of ketones is 1. The number of nitrogens with zero attached hydrogens (tertiary/aromatic N) is 6. The number of Topliss-reactive ketones (excluding diaryl/α,β-unsaturated/α-hetero) is 1. The lowest BCUT2D eigenvalue weighted by molar-refractivity contribution is -0.128. The van der Waals surface area contributed by atoms with E-state index in [4.69, 9.17) is 9.72 Å². The molecule has 230 valence electrons. The molecule has 10 heteroatoms. The molecule has 3 aliphatic rings. The Morgan fingerprint density at radius 2 is 2.00 bits per heavy atom. The number of hydrogen-bond acceptors (Lipinski definition) is 9. The van der Waals surface area contributed by atoms with E-state index < -0.39 is 0 Å². The Kier molecular flexibility index (Phi) is 10.8. The number of phenols is 1. The fourth-order valence-corrected chi connectivity index (χ4v) is 6.34. The first-order valence-electron chi connectivity index (χ1n) is 15.4. The second-order valence-electron chi connectivity index (χ2n) is 11.3. The number of carbonyl (C=O) groups excluding carboxylic acids is 2. The van der Waals surface area contributed by atoms with Crippen molar-refractivity contribution in [3.8, 4) is 17.8 Å². The van der Waals surface area contributed by atoms with E-state index in [1.807, 2.05) is 26.8 Å². The van der Waals surface area contributed by atoms with E-state index >= 15 is 0 Å². The van der Waals surface area contributed by atoms with Crippen LogP contribution in [0.5, 0.6) is 11.8 Å². The topological polar surface area (TPSA) is 123 Å². The van der Waals surface area contributed by atoms with Gasteiger partial charge in [-0.15, -0.1) is 0 Å². The third kappa shape index (κ3) is 6.99. The molecule has 2 aromatic rings. The predicted molar refractivity (Wildman–Crippen MR) is 165 cm³/mol. The van der Waals surface area contributed by atoms with Gasteiger partial charge in [-0.25, -0.2) is 0 Å². The van der Waals surface area contributed by atoms with Crippen molar-refractivity contribution in [1.82, 2.24) is 19.8 Å². The number of piperazine rings is 1. The molecule has 10 nitrogen and oxygen atoms in total. The SMILES string of the molecule is C=CC(=O)N1CCN(c2nc(OCC3CCCN3C)nc3c2CC[C@@H](Cc2c(C)cccc2O)C3=O)CC1CC#N.CC. The van der Waals surface area contributed by atoms with E-state index in [1.54, 1.807) is 17.0 Å². The highest BCUT2D eigenvalue weighted by atomic mass is 16.5.